The van der Waals surface area contributed by atoms with Crippen molar-refractivity contribution in [2.45, 2.75) is 101 Å². The zero-order chi connectivity index (χ0) is 36.0. The number of hydrogen-bond donors (Lipinski definition) is 3. The van der Waals surface area contributed by atoms with Crippen molar-refractivity contribution in [1.29, 1.82) is 0 Å². The highest BCUT2D eigenvalue weighted by Gasteiger charge is 2.62. The number of benzene rings is 1. The zero-order valence-corrected chi connectivity index (χ0v) is 30.9. The first-order chi connectivity index (χ1) is 23.6. The number of sulfonamides is 1. The Kier molecular flexibility index (Phi) is 9.94. The molecule has 1 aromatic heterocycles. The molecule has 5 atom stereocenters. The van der Waals surface area contributed by atoms with Gasteiger partial charge in [-0.05, 0) is 74.1 Å². The normalized spacial score (nSPS) is 27.7. The summed E-state index contributed by atoms with van der Waals surface area (Å²) in [5, 5.41) is 6.58. The van der Waals surface area contributed by atoms with E-state index in [4.69, 9.17) is 9.47 Å². The molecule has 15 heteroatoms. The number of hydrogen-bond acceptors (Lipinski definition) is 9. The third kappa shape index (κ3) is 7.48. The maximum Gasteiger partial charge on any atom is 0.407 e. The van der Waals surface area contributed by atoms with Crippen molar-refractivity contribution in [2.75, 3.05) is 13.2 Å². The van der Waals surface area contributed by atoms with E-state index in [1.807, 2.05) is 12.1 Å². The van der Waals surface area contributed by atoms with Crippen molar-refractivity contribution in [3.05, 3.63) is 47.1 Å². The average Bonchev–Trinajstić information content (AvgIpc) is 3.97. The number of ether oxygens (including phenoxy) is 2. The van der Waals surface area contributed by atoms with Crippen LogP contribution < -0.4 is 20.1 Å². The van der Waals surface area contributed by atoms with E-state index in [0.717, 1.165) is 40.1 Å². The molecule has 270 valence electrons. The molecule has 4 aliphatic rings. The standard InChI is InChI=1S/C35H44BrN5O8S/c1-5-21-18-35(21,32(44)40-50(46,47)23-10-11-23)39-29(42)27-17-22-19-41(27)31(43)28(34(2,3)4)38-33(45)48-14-8-6-7-9-20-15-25-24(26(36)16-20)12-13-37-30(25)49-22/h5,12-13,15-16,21-23,27-28H,1,6-11,14,17-19H2,2-4H3,(H,38,45)(H,39,42)(H,40,44)/t21-,22+,27-,28+,35+/m0/s1. The predicted octanol–water partition coefficient (Wildman–Crippen LogP) is 3.88. The van der Waals surface area contributed by atoms with Crippen LogP contribution in [0.15, 0.2) is 41.5 Å². The molecule has 1 aromatic carbocycles. The fourth-order valence-corrected chi connectivity index (χ4v) is 8.81. The Morgan fingerprint density at radius 3 is 2.60 bits per heavy atom. The van der Waals surface area contributed by atoms with Gasteiger partial charge in [0, 0.05) is 33.8 Å². The highest BCUT2D eigenvalue weighted by molar-refractivity contribution is 9.10. The van der Waals surface area contributed by atoms with Crippen LogP contribution in [-0.4, -0.2) is 84.2 Å². The summed E-state index contributed by atoms with van der Waals surface area (Å²) in [5.74, 6) is -2.16. The van der Waals surface area contributed by atoms with Crippen LogP contribution in [0.5, 0.6) is 5.88 Å². The number of halogens is 1. The Labute approximate surface area is 300 Å². The van der Waals surface area contributed by atoms with E-state index in [9.17, 15) is 27.6 Å². The van der Waals surface area contributed by atoms with E-state index in [2.05, 4.69) is 48.9 Å². The smallest absolute Gasteiger partial charge is 0.407 e. The fraction of sp³-hybridized carbons (Fsp3) is 0.571. The van der Waals surface area contributed by atoms with Gasteiger partial charge in [0.1, 0.15) is 23.7 Å². The minimum Gasteiger partial charge on any atom is -0.472 e. The molecule has 1 saturated heterocycles. The average molecular weight is 775 g/mol. The van der Waals surface area contributed by atoms with E-state index >= 15 is 0 Å². The van der Waals surface area contributed by atoms with Crippen LogP contribution in [0.25, 0.3) is 10.8 Å². The number of rotatable bonds is 6. The molecule has 3 N–H and O–H groups in total. The molecule has 50 heavy (non-hydrogen) atoms. The Morgan fingerprint density at radius 2 is 1.92 bits per heavy atom. The summed E-state index contributed by atoms with van der Waals surface area (Å²) in [6, 6.07) is 3.79. The molecule has 2 aromatic rings. The van der Waals surface area contributed by atoms with Crippen molar-refractivity contribution in [3.8, 4) is 5.88 Å². The monoisotopic (exact) mass is 773 g/mol. The molecule has 13 nitrogen and oxygen atoms in total. The first kappa shape index (κ1) is 36.1. The molecule has 2 aliphatic carbocycles. The van der Waals surface area contributed by atoms with E-state index < -0.39 is 74.1 Å². The first-order valence-corrected chi connectivity index (χ1v) is 19.4. The number of cyclic esters (lactones) is 1. The summed E-state index contributed by atoms with van der Waals surface area (Å²) >= 11 is 3.69. The summed E-state index contributed by atoms with van der Waals surface area (Å²) in [7, 11) is -3.88. The third-order valence-electron chi connectivity index (χ3n) is 9.95. The topological polar surface area (TPSA) is 173 Å². The van der Waals surface area contributed by atoms with Gasteiger partial charge in [-0.25, -0.2) is 18.2 Å². The number of nitrogens with zero attached hydrogens (tertiary/aromatic N) is 2. The number of pyridine rings is 1. The number of aryl methyl sites for hydroxylation is 1. The molecule has 3 heterocycles. The zero-order valence-electron chi connectivity index (χ0n) is 28.5. The molecular weight excluding hydrogens is 730 g/mol. The van der Waals surface area contributed by atoms with Gasteiger partial charge in [-0.1, -0.05) is 42.8 Å². The second kappa shape index (κ2) is 13.8. The van der Waals surface area contributed by atoms with Crippen molar-refractivity contribution >= 4 is 60.5 Å². The number of carbonyl (C=O) groups excluding carboxylic acids is 4. The van der Waals surface area contributed by atoms with E-state index in [1.54, 1.807) is 27.0 Å². The van der Waals surface area contributed by atoms with Crippen LogP contribution in [-0.2, 0) is 35.6 Å². The molecule has 2 aliphatic heterocycles. The van der Waals surface area contributed by atoms with Gasteiger partial charge in [-0.2, -0.15) is 0 Å². The van der Waals surface area contributed by atoms with Gasteiger partial charge in [0.05, 0.1) is 18.4 Å². The molecule has 0 spiro atoms. The lowest BCUT2D eigenvalue weighted by atomic mass is 9.85. The highest BCUT2D eigenvalue weighted by Crippen LogP contribution is 2.45. The highest BCUT2D eigenvalue weighted by atomic mass is 79.9. The van der Waals surface area contributed by atoms with E-state index in [0.29, 0.717) is 25.1 Å². The van der Waals surface area contributed by atoms with Crippen molar-refractivity contribution in [1.82, 2.24) is 25.2 Å². The van der Waals surface area contributed by atoms with E-state index in [-0.39, 0.29) is 26.0 Å². The minimum atomic E-state index is -3.88. The van der Waals surface area contributed by atoms with Crippen molar-refractivity contribution in [2.24, 2.45) is 11.3 Å². The van der Waals surface area contributed by atoms with Crippen LogP contribution >= 0.6 is 15.9 Å². The minimum absolute atomic E-state index is 0.0146. The van der Waals surface area contributed by atoms with Gasteiger partial charge < -0.3 is 25.0 Å². The quantitative estimate of drug-likeness (QED) is 0.369. The number of nitrogens with one attached hydrogen (secondary N) is 3. The van der Waals surface area contributed by atoms with Crippen molar-refractivity contribution in [3.63, 3.8) is 0 Å². The lowest BCUT2D eigenvalue weighted by Gasteiger charge is -2.35. The van der Waals surface area contributed by atoms with Crippen LogP contribution in [0.3, 0.4) is 0 Å². The van der Waals surface area contributed by atoms with Gasteiger partial charge in [0.25, 0.3) is 5.91 Å². The van der Waals surface area contributed by atoms with Crippen LogP contribution in [0, 0.1) is 11.3 Å². The summed E-state index contributed by atoms with van der Waals surface area (Å²) in [4.78, 5) is 60.9. The van der Waals surface area contributed by atoms with Gasteiger partial charge >= 0.3 is 6.09 Å². The summed E-state index contributed by atoms with van der Waals surface area (Å²) < 4.78 is 40.3. The fourth-order valence-electron chi connectivity index (χ4n) is 6.81. The maximum absolute atomic E-state index is 14.4. The molecule has 0 radical (unpaired) electrons. The van der Waals surface area contributed by atoms with Crippen LogP contribution in [0.2, 0.25) is 0 Å². The molecule has 4 bridgehead atoms. The molecule has 2 saturated carbocycles. The summed E-state index contributed by atoms with van der Waals surface area (Å²) in [6.45, 7) is 9.34. The first-order valence-electron chi connectivity index (χ1n) is 17.1. The number of aromatic nitrogens is 1. The second-order valence-electron chi connectivity index (χ2n) is 14.8. The van der Waals surface area contributed by atoms with E-state index in [1.165, 1.54) is 11.0 Å². The Morgan fingerprint density at radius 1 is 1.16 bits per heavy atom. The van der Waals surface area contributed by atoms with Gasteiger partial charge in [-0.3, -0.25) is 19.1 Å². The molecule has 4 amide bonds. The SMILES string of the molecule is C=C[C@H]1C[C@]1(NC(=O)[C@@H]1C[C@@H]2CN1C(=O)[C@H](C(C)(C)C)NC(=O)OCCCCCc1cc(Br)c3ccnc(c3c1)O2)C(=O)NS(=O)(=O)C1CC1. The number of fused-ring (bicyclic) bond motifs is 3. The number of amides is 4. The number of carbonyl (C=O) groups is 4. The molecule has 0 unspecified atom stereocenters. The number of alkyl carbamates (subject to hydrolysis) is 1. The van der Waals surface area contributed by atoms with Crippen LogP contribution in [0.4, 0.5) is 4.79 Å². The summed E-state index contributed by atoms with van der Waals surface area (Å²) in [6.07, 6.45) is 6.00. The molecular formula is C35H44BrN5O8S. The maximum atomic E-state index is 14.4. The summed E-state index contributed by atoms with van der Waals surface area (Å²) in [5.41, 5.74) is -1.24. The molecule has 6 rings (SSSR count). The van der Waals surface area contributed by atoms with Crippen LogP contribution in [0.1, 0.15) is 71.3 Å². The molecule has 3 fully saturated rings. The van der Waals surface area contributed by atoms with Gasteiger partial charge in [-0.15, -0.1) is 6.58 Å². The van der Waals surface area contributed by atoms with Gasteiger partial charge in [0.2, 0.25) is 27.7 Å². The third-order valence-corrected chi connectivity index (χ3v) is 12.4. The second-order valence-corrected chi connectivity index (χ2v) is 17.7. The Hall–Kier alpha value is -3.72. The van der Waals surface area contributed by atoms with Crippen molar-refractivity contribution < 1.29 is 37.1 Å². The largest absolute Gasteiger partial charge is 0.472 e. The lowest BCUT2D eigenvalue weighted by Crippen LogP contribution is -2.60. The Balaban J connectivity index is 1.34. The predicted molar refractivity (Wildman–Crippen MR) is 189 cm³/mol. The Bertz CT molecular complexity index is 1830. The lowest BCUT2D eigenvalue weighted by molar-refractivity contribution is -0.142. The van der Waals surface area contributed by atoms with Gasteiger partial charge in [0.15, 0.2) is 0 Å².